The molecule has 5 heteroatoms. The molecule has 3 fully saturated rings. The van der Waals surface area contributed by atoms with Crippen LogP contribution in [0, 0.1) is 11.8 Å². The molecule has 1 aliphatic carbocycles. The van der Waals surface area contributed by atoms with Gasteiger partial charge < -0.3 is 9.80 Å². The Hall–Kier alpha value is -1.59. The fraction of sp³-hybridized carbons (Fsp3) is 0.625. The minimum Gasteiger partial charge on any atom is -0.368 e. The molecule has 1 aromatic heterocycles. The molecule has 2 aromatic rings. The van der Waals surface area contributed by atoms with E-state index in [0.29, 0.717) is 17.7 Å². The van der Waals surface area contributed by atoms with E-state index in [9.17, 15) is 4.79 Å². The fourth-order valence-electron chi connectivity index (χ4n) is 5.66. The average Bonchev–Trinajstić information content (AvgIpc) is 3.37. The van der Waals surface area contributed by atoms with Gasteiger partial charge in [0, 0.05) is 61.0 Å². The van der Waals surface area contributed by atoms with Crippen LogP contribution in [0.1, 0.15) is 38.5 Å². The maximum absolute atomic E-state index is 12.6. The van der Waals surface area contributed by atoms with Crippen LogP contribution in [0.3, 0.4) is 0 Å². The Morgan fingerprint density at radius 3 is 2.66 bits per heavy atom. The van der Waals surface area contributed by atoms with Gasteiger partial charge in [0.05, 0.1) is 0 Å². The van der Waals surface area contributed by atoms with Crippen molar-refractivity contribution >= 4 is 33.0 Å². The predicted octanol–water partition coefficient (Wildman–Crippen LogP) is 4.45. The smallest absolute Gasteiger partial charge is 0.226 e. The lowest BCUT2D eigenvalue weighted by atomic mass is 9.81. The van der Waals surface area contributed by atoms with Gasteiger partial charge in [-0.2, -0.15) is 0 Å². The molecule has 1 aromatic carbocycles. The number of nitrogens with zero attached hydrogens (tertiary/aromatic N) is 3. The number of amides is 1. The largest absolute Gasteiger partial charge is 0.368 e. The minimum atomic E-state index is 0.365. The van der Waals surface area contributed by atoms with Crippen molar-refractivity contribution < 1.29 is 4.79 Å². The molecule has 3 aliphatic rings. The van der Waals surface area contributed by atoms with Gasteiger partial charge in [0.25, 0.3) is 0 Å². The van der Waals surface area contributed by atoms with Crippen LogP contribution in [0.5, 0.6) is 0 Å². The maximum atomic E-state index is 12.6. The first kappa shape index (κ1) is 19.4. The number of thiophene rings is 1. The number of fused-ring (bicyclic) bond motifs is 2. The van der Waals surface area contributed by atoms with Crippen LogP contribution < -0.4 is 4.90 Å². The summed E-state index contributed by atoms with van der Waals surface area (Å²) in [6.07, 6.45) is 7.36. The second-order valence-electron chi connectivity index (χ2n) is 9.08. The van der Waals surface area contributed by atoms with Crippen LogP contribution in [0.4, 0.5) is 5.69 Å². The van der Waals surface area contributed by atoms with Crippen molar-refractivity contribution in [3.05, 3.63) is 29.6 Å². The number of piperazine rings is 1. The van der Waals surface area contributed by atoms with E-state index in [2.05, 4.69) is 44.3 Å². The molecule has 0 bridgehead atoms. The summed E-state index contributed by atoms with van der Waals surface area (Å²) in [7, 11) is 0. The topological polar surface area (TPSA) is 26.8 Å². The van der Waals surface area contributed by atoms with Crippen molar-refractivity contribution in [2.24, 2.45) is 11.8 Å². The van der Waals surface area contributed by atoms with Gasteiger partial charge in [0.1, 0.15) is 0 Å². The van der Waals surface area contributed by atoms with Crippen molar-refractivity contribution in [3.63, 3.8) is 0 Å². The highest BCUT2D eigenvalue weighted by Crippen LogP contribution is 2.37. The van der Waals surface area contributed by atoms with E-state index in [-0.39, 0.29) is 0 Å². The van der Waals surface area contributed by atoms with Gasteiger partial charge in [-0.05, 0) is 61.7 Å². The summed E-state index contributed by atoms with van der Waals surface area (Å²) >= 11 is 1.83. The molecule has 0 radical (unpaired) electrons. The number of likely N-dealkylation sites (tertiary alicyclic amines) is 1. The molecule has 156 valence electrons. The monoisotopic (exact) mass is 411 g/mol. The normalized spacial score (nSPS) is 25.7. The Kier molecular flexibility index (Phi) is 5.78. The van der Waals surface area contributed by atoms with E-state index in [4.69, 9.17) is 0 Å². The molecule has 0 N–H and O–H groups in total. The zero-order valence-electron chi connectivity index (χ0n) is 17.4. The molecule has 0 spiro atoms. The number of rotatable bonds is 6. The van der Waals surface area contributed by atoms with E-state index in [1.807, 2.05) is 11.3 Å². The molecule has 4 nitrogen and oxygen atoms in total. The average molecular weight is 412 g/mol. The van der Waals surface area contributed by atoms with Crippen LogP contribution in [-0.2, 0) is 4.79 Å². The second kappa shape index (κ2) is 8.65. The number of anilines is 1. The van der Waals surface area contributed by atoms with E-state index in [0.717, 1.165) is 52.1 Å². The summed E-state index contributed by atoms with van der Waals surface area (Å²) in [4.78, 5) is 19.9. The van der Waals surface area contributed by atoms with E-state index < -0.39 is 0 Å². The molecular formula is C24H33N3OS. The summed E-state index contributed by atoms with van der Waals surface area (Å²) in [5.41, 5.74) is 1.40. The molecule has 2 aliphatic heterocycles. The Labute approximate surface area is 178 Å². The molecule has 3 heterocycles. The number of carbonyl (C=O) groups excluding carboxylic acids is 1. The van der Waals surface area contributed by atoms with Gasteiger partial charge in [-0.3, -0.25) is 9.69 Å². The van der Waals surface area contributed by atoms with Gasteiger partial charge in [-0.15, -0.1) is 11.3 Å². The summed E-state index contributed by atoms with van der Waals surface area (Å²) < 4.78 is 1.39. The van der Waals surface area contributed by atoms with Gasteiger partial charge in [-0.1, -0.05) is 18.9 Å². The number of unbranched alkanes of at least 4 members (excludes halogenated alkanes) is 1. The number of benzene rings is 1. The van der Waals surface area contributed by atoms with Gasteiger partial charge >= 0.3 is 0 Å². The molecule has 1 amide bonds. The molecule has 1 saturated carbocycles. The van der Waals surface area contributed by atoms with Crippen LogP contribution in [0.25, 0.3) is 10.1 Å². The van der Waals surface area contributed by atoms with Gasteiger partial charge in [-0.25, -0.2) is 0 Å². The first-order valence-electron chi connectivity index (χ1n) is 11.5. The Morgan fingerprint density at radius 1 is 0.966 bits per heavy atom. The van der Waals surface area contributed by atoms with E-state index >= 15 is 0 Å². The third-order valence-electron chi connectivity index (χ3n) is 7.33. The summed E-state index contributed by atoms with van der Waals surface area (Å²) in [5, 5.41) is 3.60. The zero-order chi connectivity index (χ0) is 19.6. The van der Waals surface area contributed by atoms with Crippen molar-refractivity contribution in [2.45, 2.75) is 38.5 Å². The van der Waals surface area contributed by atoms with Crippen LogP contribution in [0.2, 0.25) is 0 Å². The maximum Gasteiger partial charge on any atom is 0.226 e. The van der Waals surface area contributed by atoms with E-state index in [1.165, 1.54) is 48.0 Å². The van der Waals surface area contributed by atoms with Crippen molar-refractivity contribution in [2.75, 3.05) is 50.7 Å². The lowest BCUT2D eigenvalue weighted by Gasteiger charge is -2.36. The van der Waals surface area contributed by atoms with Crippen molar-refractivity contribution in [3.8, 4) is 0 Å². The predicted molar refractivity (Wildman–Crippen MR) is 122 cm³/mol. The summed E-state index contributed by atoms with van der Waals surface area (Å²) in [6, 6.07) is 8.95. The quantitative estimate of drug-likeness (QED) is 0.657. The third kappa shape index (κ3) is 4.04. The van der Waals surface area contributed by atoms with Gasteiger partial charge in [0.2, 0.25) is 5.91 Å². The molecule has 0 unspecified atom stereocenters. The first-order chi connectivity index (χ1) is 14.3. The minimum absolute atomic E-state index is 0.365. The molecule has 29 heavy (non-hydrogen) atoms. The Balaban J connectivity index is 1.05. The molecular weight excluding hydrogens is 378 g/mol. The Bertz CT molecular complexity index is 842. The van der Waals surface area contributed by atoms with Crippen LogP contribution in [0.15, 0.2) is 29.6 Å². The molecule has 5 rings (SSSR count). The molecule has 2 atom stereocenters. The number of hydrogen-bond donors (Lipinski definition) is 0. The van der Waals surface area contributed by atoms with E-state index in [1.54, 1.807) is 0 Å². The van der Waals surface area contributed by atoms with Crippen LogP contribution in [-0.4, -0.2) is 61.5 Å². The first-order valence-corrected chi connectivity index (χ1v) is 12.4. The lowest BCUT2D eigenvalue weighted by Crippen LogP contribution is -2.46. The summed E-state index contributed by atoms with van der Waals surface area (Å²) in [6.45, 7) is 7.71. The highest BCUT2D eigenvalue weighted by atomic mass is 32.1. The number of carbonyl (C=O) groups is 1. The highest BCUT2D eigenvalue weighted by molar-refractivity contribution is 7.17. The lowest BCUT2D eigenvalue weighted by molar-refractivity contribution is -0.131. The Morgan fingerprint density at radius 2 is 1.79 bits per heavy atom. The third-order valence-corrected chi connectivity index (χ3v) is 8.21. The standard InChI is InChI=1S/C24H33N3OS/c28-24-20-7-2-1-6-19(20)18-27(24)12-4-3-11-25-13-15-26(16-14-25)22-8-5-9-23-21(22)10-17-29-23/h5,8-10,17,19-20H,1-4,6-7,11-16,18H2/t19-,20+/m0/s1. The zero-order valence-corrected chi connectivity index (χ0v) is 18.2. The molecule has 2 saturated heterocycles. The second-order valence-corrected chi connectivity index (χ2v) is 10.0. The van der Waals surface area contributed by atoms with Crippen LogP contribution >= 0.6 is 11.3 Å². The number of hydrogen-bond acceptors (Lipinski definition) is 4. The van der Waals surface area contributed by atoms with Crippen molar-refractivity contribution in [1.29, 1.82) is 0 Å². The fourth-order valence-corrected chi connectivity index (χ4v) is 6.47. The highest BCUT2D eigenvalue weighted by Gasteiger charge is 2.40. The SMILES string of the molecule is O=C1[C@@H]2CCCC[C@H]2CN1CCCCN1CCN(c2cccc3sccc23)CC1. The van der Waals surface area contributed by atoms with Crippen molar-refractivity contribution in [1.82, 2.24) is 9.80 Å². The summed E-state index contributed by atoms with van der Waals surface area (Å²) in [5.74, 6) is 1.49. The van der Waals surface area contributed by atoms with Gasteiger partial charge in [0.15, 0.2) is 0 Å².